The molecule has 0 saturated carbocycles. The van der Waals surface area contributed by atoms with E-state index in [1.165, 1.54) is 6.42 Å². The topological polar surface area (TPSA) is 68.2 Å². The van der Waals surface area contributed by atoms with Gasteiger partial charge in [0.2, 0.25) is 11.9 Å². The van der Waals surface area contributed by atoms with E-state index in [0.29, 0.717) is 24.9 Å². The zero-order valence-corrected chi connectivity index (χ0v) is 16.2. The number of aromatic nitrogens is 2. The van der Waals surface area contributed by atoms with Gasteiger partial charge in [-0.15, -0.1) is 12.4 Å². The molecule has 7 heteroatoms. The molecular weight excluding hydrogens is 352 g/mol. The Balaban J connectivity index is 0.00000243. The Hall–Kier alpha value is -1.63. The van der Waals surface area contributed by atoms with Crippen LogP contribution in [0.25, 0.3) is 11.0 Å². The number of hydrogen-bond acceptors (Lipinski definition) is 4. The smallest absolute Gasteiger partial charge is 0.226 e. The number of aryl methyl sites for hydroxylation is 1. The largest absolute Gasteiger partial charge is 0.382 e. The number of rotatable bonds is 9. The van der Waals surface area contributed by atoms with Crippen molar-refractivity contribution in [3.63, 3.8) is 0 Å². The van der Waals surface area contributed by atoms with Crippen molar-refractivity contribution in [1.82, 2.24) is 14.9 Å². The average molecular weight is 381 g/mol. The lowest BCUT2D eigenvalue weighted by Gasteiger charge is -2.11. The lowest BCUT2D eigenvalue weighted by molar-refractivity contribution is -0.116. The number of amides is 1. The fraction of sp³-hybridized carbons (Fsp3) is 0.579. The summed E-state index contributed by atoms with van der Waals surface area (Å²) in [6.07, 6.45) is 3.55. The van der Waals surface area contributed by atoms with Crippen LogP contribution >= 0.6 is 12.4 Å². The first kappa shape index (κ1) is 20.7. The van der Waals surface area contributed by atoms with Crippen LogP contribution in [0.4, 0.5) is 5.95 Å². The molecular formula is C19H29ClN4O2. The highest BCUT2D eigenvalue weighted by Gasteiger charge is 2.17. The number of nitrogens with one attached hydrogen (secondary N) is 2. The van der Waals surface area contributed by atoms with Gasteiger partial charge in [-0.05, 0) is 57.3 Å². The summed E-state index contributed by atoms with van der Waals surface area (Å²) in [5.41, 5.74) is 1.96. The van der Waals surface area contributed by atoms with Crippen molar-refractivity contribution in [1.29, 1.82) is 0 Å². The summed E-state index contributed by atoms with van der Waals surface area (Å²) in [6.45, 7) is 6.32. The Morgan fingerprint density at radius 2 is 2.27 bits per heavy atom. The minimum Gasteiger partial charge on any atom is -0.382 e. The van der Waals surface area contributed by atoms with Gasteiger partial charge in [0.1, 0.15) is 0 Å². The van der Waals surface area contributed by atoms with Gasteiger partial charge < -0.3 is 14.6 Å². The second-order valence-electron chi connectivity index (χ2n) is 6.57. The molecule has 1 fully saturated rings. The number of imidazole rings is 1. The third kappa shape index (κ3) is 5.43. The molecule has 0 aliphatic carbocycles. The Morgan fingerprint density at radius 1 is 1.42 bits per heavy atom. The van der Waals surface area contributed by atoms with Crippen molar-refractivity contribution < 1.29 is 9.53 Å². The molecule has 6 nitrogen and oxygen atoms in total. The first-order chi connectivity index (χ1) is 12.3. The number of carbonyl (C=O) groups is 1. The molecule has 2 N–H and O–H groups in total. The minimum atomic E-state index is 0. The zero-order chi connectivity index (χ0) is 17.5. The zero-order valence-electron chi connectivity index (χ0n) is 15.4. The predicted octanol–water partition coefficient (Wildman–Crippen LogP) is 3.21. The Labute approximate surface area is 161 Å². The number of halogens is 1. The predicted molar refractivity (Wildman–Crippen MR) is 107 cm³/mol. The van der Waals surface area contributed by atoms with E-state index in [9.17, 15) is 4.79 Å². The van der Waals surface area contributed by atoms with E-state index < -0.39 is 0 Å². The number of anilines is 1. The summed E-state index contributed by atoms with van der Waals surface area (Å²) >= 11 is 0. The molecule has 1 aromatic heterocycles. The maximum atomic E-state index is 12.4. The molecule has 0 spiro atoms. The van der Waals surface area contributed by atoms with Crippen molar-refractivity contribution in [3.05, 3.63) is 24.3 Å². The van der Waals surface area contributed by atoms with E-state index in [4.69, 9.17) is 4.74 Å². The van der Waals surface area contributed by atoms with Crippen LogP contribution in [0.1, 0.15) is 32.6 Å². The number of fused-ring (bicyclic) bond motifs is 1. The number of hydrogen-bond donors (Lipinski definition) is 2. The maximum Gasteiger partial charge on any atom is 0.226 e. The third-order valence-corrected chi connectivity index (χ3v) is 4.72. The van der Waals surface area contributed by atoms with Gasteiger partial charge in [-0.25, -0.2) is 4.98 Å². The monoisotopic (exact) mass is 380 g/mol. The highest BCUT2D eigenvalue weighted by molar-refractivity contribution is 5.91. The Kier molecular flexibility index (Phi) is 8.35. The molecule has 1 saturated heterocycles. The van der Waals surface area contributed by atoms with Crippen molar-refractivity contribution in [3.8, 4) is 0 Å². The molecule has 0 bridgehead atoms. The first-order valence-electron chi connectivity index (χ1n) is 9.31. The number of carbonyl (C=O) groups excluding carboxylic acids is 1. The fourth-order valence-electron chi connectivity index (χ4n) is 3.35. The van der Waals surface area contributed by atoms with E-state index in [0.717, 1.165) is 50.1 Å². The Morgan fingerprint density at radius 3 is 3.04 bits per heavy atom. The van der Waals surface area contributed by atoms with Crippen LogP contribution in [-0.4, -0.2) is 41.8 Å². The molecule has 26 heavy (non-hydrogen) atoms. The molecule has 1 atom stereocenters. The fourth-order valence-corrected chi connectivity index (χ4v) is 3.35. The summed E-state index contributed by atoms with van der Waals surface area (Å²) in [4.78, 5) is 17.0. The molecule has 0 radical (unpaired) electrons. The van der Waals surface area contributed by atoms with E-state index in [1.54, 1.807) is 0 Å². The summed E-state index contributed by atoms with van der Waals surface area (Å²) < 4.78 is 7.52. The van der Waals surface area contributed by atoms with Gasteiger partial charge >= 0.3 is 0 Å². The quantitative estimate of drug-likeness (QED) is 0.655. The standard InChI is InChI=1S/C19H28N4O2.ClH/c1-2-25-13-5-12-23-17-7-4-3-6-16(17)21-19(23)22-18(24)9-8-15-10-11-20-14-15;/h3-4,6-7,15,20H,2,5,8-14H2,1H3,(H,21,22,24);1H. The lowest BCUT2D eigenvalue weighted by Crippen LogP contribution is -2.18. The van der Waals surface area contributed by atoms with Crippen LogP contribution in [-0.2, 0) is 16.1 Å². The highest BCUT2D eigenvalue weighted by atomic mass is 35.5. The van der Waals surface area contributed by atoms with Crippen LogP contribution < -0.4 is 10.6 Å². The normalized spacial score (nSPS) is 16.6. The molecule has 2 heterocycles. The minimum absolute atomic E-state index is 0. The van der Waals surface area contributed by atoms with Gasteiger partial charge in [0.25, 0.3) is 0 Å². The van der Waals surface area contributed by atoms with Crippen molar-refractivity contribution in [2.24, 2.45) is 5.92 Å². The van der Waals surface area contributed by atoms with E-state index in [1.807, 2.05) is 31.2 Å². The molecule has 2 aromatic rings. The van der Waals surface area contributed by atoms with Crippen molar-refractivity contribution in [2.75, 3.05) is 31.6 Å². The lowest BCUT2D eigenvalue weighted by atomic mass is 10.0. The molecule has 3 rings (SSSR count). The van der Waals surface area contributed by atoms with E-state index >= 15 is 0 Å². The number of ether oxygens (including phenoxy) is 1. The van der Waals surface area contributed by atoms with Gasteiger partial charge in [0, 0.05) is 26.2 Å². The van der Waals surface area contributed by atoms with Crippen molar-refractivity contribution >= 4 is 35.3 Å². The second-order valence-corrected chi connectivity index (χ2v) is 6.57. The molecule has 144 valence electrons. The molecule has 1 amide bonds. The van der Waals surface area contributed by atoms with E-state index in [-0.39, 0.29) is 18.3 Å². The second kappa shape index (κ2) is 10.5. The summed E-state index contributed by atoms with van der Waals surface area (Å²) in [6, 6.07) is 8.00. The van der Waals surface area contributed by atoms with Crippen LogP contribution in [0, 0.1) is 5.92 Å². The van der Waals surface area contributed by atoms with Crippen LogP contribution in [0.15, 0.2) is 24.3 Å². The van der Waals surface area contributed by atoms with Crippen molar-refractivity contribution in [2.45, 2.75) is 39.2 Å². The van der Waals surface area contributed by atoms with Gasteiger partial charge in [-0.2, -0.15) is 0 Å². The SMILES string of the molecule is CCOCCCn1c(NC(=O)CCC2CCNC2)nc2ccccc21.Cl. The Bertz CT molecular complexity index is 698. The number of benzene rings is 1. The van der Waals surface area contributed by atoms with Crippen LogP contribution in [0.3, 0.4) is 0 Å². The van der Waals surface area contributed by atoms with Crippen LogP contribution in [0.2, 0.25) is 0 Å². The number of para-hydroxylation sites is 2. The van der Waals surface area contributed by atoms with Gasteiger partial charge in [-0.3, -0.25) is 10.1 Å². The first-order valence-corrected chi connectivity index (χ1v) is 9.31. The van der Waals surface area contributed by atoms with Crippen LogP contribution in [0.5, 0.6) is 0 Å². The molecule has 1 aliphatic rings. The molecule has 1 aliphatic heterocycles. The summed E-state index contributed by atoms with van der Waals surface area (Å²) in [5.74, 6) is 1.32. The van der Waals surface area contributed by atoms with E-state index in [2.05, 4.69) is 20.2 Å². The van der Waals surface area contributed by atoms with Gasteiger partial charge in [-0.1, -0.05) is 12.1 Å². The summed E-state index contributed by atoms with van der Waals surface area (Å²) in [7, 11) is 0. The average Bonchev–Trinajstić information content (AvgIpc) is 3.25. The molecule has 1 aromatic carbocycles. The summed E-state index contributed by atoms with van der Waals surface area (Å²) in [5, 5.41) is 6.36. The molecule has 1 unspecified atom stereocenters. The third-order valence-electron chi connectivity index (χ3n) is 4.72. The maximum absolute atomic E-state index is 12.4. The van der Waals surface area contributed by atoms with Gasteiger partial charge in [0.05, 0.1) is 11.0 Å². The number of nitrogens with zero attached hydrogens (tertiary/aromatic N) is 2. The van der Waals surface area contributed by atoms with Gasteiger partial charge in [0.15, 0.2) is 0 Å². The highest BCUT2D eigenvalue weighted by Crippen LogP contribution is 2.21.